The van der Waals surface area contributed by atoms with Crippen LogP contribution in [-0.2, 0) is 0 Å². The van der Waals surface area contributed by atoms with Crippen LogP contribution in [0.1, 0.15) is 45.4 Å². The van der Waals surface area contributed by atoms with Gasteiger partial charge in [0.25, 0.3) is 0 Å². The lowest BCUT2D eigenvalue weighted by molar-refractivity contribution is 0.120. The van der Waals surface area contributed by atoms with Crippen LogP contribution in [0.25, 0.3) is 0 Å². The van der Waals surface area contributed by atoms with Gasteiger partial charge in [0, 0.05) is 26.2 Å². The van der Waals surface area contributed by atoms with E-state index in [1.165, 1.54) is 38.5 Å². The topological polar surface area (TPSA) is 23.6 Å². The number of rotatable bonds is 1. The summed E-state index contributed by atoms with van der Waals surface area (Å²) in [7, 11) is 1.99. The summed E-state index contributed by atoms with van der Waals surface area (Å²) >= 11 is 0. The molecule has 2 amide bonds. The molecule has 0 spiro atoms. The summed E-state index contributed by atoms with van der Waals surface area (Å²) in [6.45, 7) is 4.21. The number of hydrogen-bond acceptors (Lipinski definition) is 1. The largest absolute Gasteiger partial charge is 0.325 e. The predicted octanol–water partition coefficient (Wildman–Crippen LogP) is 2.71. The molecule has 2 unspecified atom stereocenters. The van der Waals surface area contributed by atoms with Crippen LogP contribution in [0.4, 0.5) is 4.79 Å². The molecular formula is C13H24N2O. The van der Waals surface area contributed by atoms with E-state index in [4.69, 9.17) is 0 Å². The molecule has 0 aromatic carbocycles. The molecule has 3 nitrogen and oxygen atoms in total. The third-order valence-electron chi connectivity index (χ3n) is 4.24. The minimum atomic E-state index is 0.260. The smallest absolute Gasteiger partial charge is 0.319 e. The first-order valence-corrected chi connectivity index (χ1v) is 6.72. The predicted molar refractivity (Wildman–Crippen MR) is 65.4 cm³/mol. The molecule has 1 saturated carbocycles. The van der Waals surface area contributed by atoms with Crippen LogP contribution < -0.4 is 0 Å². The standard InChI is InChI=1S/C13H24N2O/c1-11-7-3-4-8-12(11)14(2)13(16)15-9-5-6-10-15/h11-12H,3-10H2,1-2H3. The summed E-state index contributed by atoms with van der Waals surface area (Å²) in [5, 5.41) is 0. The average molecular weight is 224 g/mol. The van der Waals surface area contributed by atoms with Gasteiger partial charge in [0.2, 0.25) is 0 Å². The van der Waals surface area contributed by atoms with Crippen molar-refractivity contribution in [2.24, 2.45) is 5.92 Å². The van der Waals surface area contributed by atoms with Gasteiger partial charge in [-0.1, -0.05) is 19.8 Å². The molecule has 2 atom stereocenters. The van der Waals surface area contributed by atoms with Crippen LogP contribution in [-0.4, -0.2) is 42.0 Å². The molecule has 92 valence electrons. The lowest BCUT2D eigenvalue weighted by atomic mass is 9.85. The summed E-state index contributed by atoms with van der Waals surface area (Å²) in [4.78, 5) is 16.3. The third kappa shape index (κ3) is 2.33. The molecule has 2 aliphatic rings. The molecule has 0 bridgehead atoms. The van der Waals surface area contributed by atoms with Gasteiger partial charge in [0.1, 0.15) is 0 Å². The van der Waals surface area contributed by atoms with E-state index in [0.717, 1.165) is 13.1 Å². The van der Waals surface area contributed by atoms with E-state index in [-0.39, 0.29) is 6.03 Å². The number of amides is 2. The Labute approximate surface area is 98.8 Å². The monoisotopic (exact) mass is 224 g/mol. The summed E-state index contributed by atoms with van der Waals surface area (Å²) in [5.41, 5.74) is 0. The van der Waals surface area contributed by atoms with Crippen LogP contribution in [0, 0.1) is 5.92 Å². The highest BCUT2D eigenvalue weighted by Crippen LogP contribution is 2.28. The van der Waals surface area contributed by atoms with E-state index >= 15 is 0 Å². The second kappa shape index (κ2) is 5.07. The molecule has 16 heavy (non-hydrogen) atoms. The lowest BCUT2D eigenvalue weighted by Gasteiger charge is -2.38. The highest BCUT2D eigenvalue weighted by molar-refractivity contribution is 5.74. The van der Waals surface area contributed by atoms with Crippen molar-refractivity contribution in [1.82, 2.24) is 9.80 Å². The highest BCUT2D eigenvalue weighted by atomic mass is 16.2. The van der Waals surface area contributed by atoms with Gasteiger partial charge < -0.3 is 9.80 Å². The molecule has 1 aliphatic heterocycles. The first-order valence-electron chi connectivity index (χ1n) is 6.72. The lowest BCUT2D eigenvalue weighted by Crippen LogP contribution is -2.48. The van der Waals surface area contributed by atoms with Gasteiger partial charge in [-0.05, 0) is 31.6 Å². The average Bonchev–Trinajstić information content (AvgIpc) is 2.81. The Kier molecular flexibility index (Phi) is 3.72. The number of carbonyl (C=O) groups is 1. The molecular weight excluding hydrogens is 200 g/mol. The molecule has 3 heteroatoms. The van der Waals surface area contributed by atoms with Crippen molar-refractivity contribution in [2.45, 2.75) is 51.5 Å². The van der Waals surface area contributed by atoms with Crippen LogP contribution >= 0.6 is 0 Å². The third-order valence-corrected chi connectivity index (χ3v) is 4.24. The van der Waals surface area contributed by atoms with Gasteiger partial charge in [-0.3, -0.25) is 0 Å². The SMILES string of the molecule is CC1CCCCC1N(C)C(=O)N1CCCC1. The first kappa shape index (κ1) is 11.7. The van der Waals surface area contributed by atoms with Crippen LogP contribution in [0.3, 0.4) is 0 Å². The summed E-state index contributed by atoms with van der Waals surface area (Å²) in [6, 6.07) is 0.734. The fourth-order valence-electron chi connectivity index (χ4n) is 3.15. The number of urea groups is 1. The first-order chi connectivity index (χ1) is 7.70. The van der Waals surface area contributed by atoms with Gasteiger partial charge >= 0.3 is 6.03 Å². The molecule has 0 aromatic rings. The number of hydrogen-bond donors (Lipinski definition) is 0. The van der Waals surface area contributed by atoms with Gasteiger partial charge in [-0.2, -0.15) is 0 Å². The Morgan fingerprint density at radius 1 is 1.12 bits per heavy atom. The zero-order valence-corrected chi connectivity index (χ0v) is 10.6. The Morgan fingerprint density at radius 2 is 1.75 bits per heavy atom. The maximum Gasteiger partial charge on any atom is 0.319 e. The second-order valence-corrected chi connectivity index (χ2v) is 5.42. The van der Waals surface area contributed by atoms with Crippen molar-refractivity contribution in [3.8, 4) is 0 Å². The van der Waals surface area contributed by atoms with E-state index in [9.17, 15) is 4.79 Å². The van der Waals surface area contributed by atoms with Crippen molar-refractivity contribution in [3.63, 3.8) is 0 Å². The maximum atomic E-state index is 12.2. The van der Waals surface area contributed by atoms with Crippen LogP contribution in [0.5, 0.6) is 0 Å². The summed E-state index contributed by atoms with van der Waals surface area (Å²) in [6.07, 6.45) is 7.45. The number of carbonyl (C=O) groups excluding carboxylic acids is 1. The fourth-order valence-corrected chi connectivity index (χ4v) is 3.15. The Bertz CT molecular complexity index is 248. The van der Waals surface area contributed by atoms with E-state index in [1.807, 2.05) is 16.8 Å². The quantitative estimate of drug-likeness (QED) is 0.672. The van der Waals surface area contributed by atoms with E-state index in [2.05, 4.69) is 6.92 Å². The van der Waals surface area contributed by atoms with Crippen molar-refractivity contribution < 1.29 is 4.79 Å². The second-order valence-electron chi connectivity index (χ2n) is 5.42. The van der Waals surface area contributed by atoms with Gasteiger partial charge in [0.15, 0.2) is 0 Å². The van der Waals surface area contributed by atoms with E-state index in [1.54, 1.807) is 0 Å². The number of likely N-dealkylation sites (tertiary alicyclic amines) is 1. The summed E-state index contributed by atoms with van der Waals surface area (Å²) < 4.78 is 0. The molecule has 0 radical (unpaired) electrons. The molecule has 1 aliphatic carbocycles. The maximum absolute atomic E-state index is 12.2. The molecule has 0 N–H and O–H groups in total. The number of nitrogens with zero attached hydrogens (tertiary/aromatic N) is 2. The van der Waals surface area contributed by atoms with Gasteiger partial charge in [0.05, 0.1) is 0 Å². The molecule has 2 rings (SSSR count). The Hall–Kier alpha value is -0.730. The zero-order valence-electron chi connectivity index (χ0n) is 10.6. The van der Waals surface area contributed by atoms with Crippen molar-refractivity contribution >= 4 is 6.03 Å². The van der Waals surface area contributed by atoms with E-state index in [0.29, 0.717) is 12.0 Å². The molecule has 0 aromatic heterocycles. The van der Waals surface area contributed by atoms with Crippen LogP contribution in [0.2, 0.25) is 0 Å². The minimum Gasteiger partial charge on any atom is -0.325 e. The molecule has 2 fully saturated rings. The fraction of sp³-hybridized carbons (Fsp3) is 0.923. The molecule has 1 heterocycles. The van der Waals surface area contributed by atoms with Crippen molar-refractivity contribution in [1.29, 1.82) is 0 Å². The highest BCUT2D eigenvalue weighted by Gasteiger charge is 2.30. The zero-order chi connectivity index (χ0) is 11.5. The Morgan fingerprint density at radius 3 is 2.38 bits per heavy atom. The van der Waals surface area contributed by atoms with Gasteiger partial charge in [-0.25, -0.2) is 4.79 Å². The van der Waals surface area contributed by atoms with Gasteiger partial charge in [-0.15, -0.1) is 0 Å². The normalized spacial score (nSPS) is 30.5. The van der Waals surface area contributed by atoms with Crippen LogP contribution in [0.15, 0.2) is 0 Å². The minimum absolute atomic E-state index is 0.260. The Balaban J connectivity index is 1.94. The van der Waals surface area contributed by atoms with Crippen molar-refractivity contribution in [2.75, 3.05) is 20.1 Å². The van der Waals surface area contributed by atoms with Crippen molar-refractivity contribution in [3.05, 3.63) is 0 Å². The molecule has 1 saturated heterocycles. The van der Waals surface area contributed by atoms with E-state index < -0.39 is 0 Å². The summed E-state index contributed by atoms with van der Waals surface area (Å²) in [5.74, 6) is 0.672.